The second-order valence-corrected chi connectivity index (χ2v) is 7.12. The van der Waals surface area contributed by atoms with E-state index in [1.54, 1.807) is 36.7 Å². The maximum atomic E-state index is 12.4. The molecule has 0 fully saturated rings. The van der Waals surface area contributed by atoms with E-state index in [4.69, 9.17) is 16.7 Å². The minimum atomic E-state index is -0.799. The van der Waals surface area contributed by atoms with Gasteiger partial charge in [-0.25, -0.2) is 0 Å². The Morgan fingerprint density at radius 3 is 2.30 bits per heavy atom. The summed E-state index contributed by atoms with van der Waals surface area (Å²) >= 11 is 5.86. The number of carbonyl (C=O) groups is 2. The second-order valence-electron chi connectivity index (χ2n) is 6.68. The molecular formula is C24H21ClN2O3. The molecule has 3 rings (SSSR count). The van der Waals surface area contributed by atoms with Crippen LogP contribution in [0.5, 0.6) is 0 Å². The van der Waals surface area contributed by atoms with Gasteiger partial charge in [0.05, 0.1) is 0 Å². The number of nitrogens with one attached hydrogen (secondary N) is 1. The molecule has 0 aliphatic heterocycles. The molecule has 0 radical (unpaired) electrons. The molecule has 0 bridgehead atoms. The van der Waals surface area contributed by atoms with Crippen LogP contribution in [0, 0.1) is 0 Å². The Labute approximate surface area is 180 Å². The summed E-state index contributed by atoms with van der Waals surface area (Å²) in [5, 5.41) is 12.3. The number of nitrogens with zero attached hydrogens (tertiary/aromatic N) is 1. The Balaban J connectivity index is 1.76. The SMILES string of the molecule is O=C(O)CCCC=C(c1ccc(NC(=O)c2ccc(Cl)cc2)cc1)c1cccnc1. The lowest BCUT2D eigenvalue weighted by Crippen LogP contribution is -2.11. The number of halogens is 1. The molecule has 0 aliphatic rings. The van der Waals surface area contributed by atoms with Gasteiger partial charge in [-0.1, -0.05) is 35.9 Å². The maximum Gasteiger partial charge on any atom is 0.303 e. The van der Waals surface area contributed by atoms with Crippen molar-refractivity contribution in [3.05, 3.63) is 101 Å². The highest BCUT2D eigenvalue weighted by Crippen LogP contribution is 2.25. The summed E-state index contributed by atoms with van der Waals surface area (Å²) in [6.45, 7) is 0. The van der Waals surface area contributed by atoms with Crippen LogP contribution in [0.3, 0.4) is 0 Å². The zero-order valence-corrected chi connectivity index (χ0v) is 17.0. The number of rotatable bonds is 8. The minimum absolute atomic E-state index is 0.131. The highest BCUT2D eigenvalue weighted by molar-refractivity contribution is 6.30. The minimum Gasteiger partial charge on any atom is -0.481 e. The average molecular weight is 421 g/mol. The zero-order valence-electron chi connectivity index (χ0n) is 16.2. The third kappa shape index (κ3) is 6.03. The van der Waals surface area contributed by atoms with Gasteiger partial charge in [-0.2, -0.15) is 0 Å². The number of anilines is 1. The van der Waals surface area contributed by atoms with E-state index >= 15 is 0 Å². The monoisotopic (exact) mass is 420 g/mol. The molecule has 1 heterocycles. The van der Waals surface area contributed by atoms with E-state index in [0.29, 0.717) is 29.1 Å². The molecular weight excluding hydrogens is 400 g/mol. The van der Waals surface area contributed by atoms with Crippen LogP contribution >= 0.6 is 11.6 Å². The molecule has 152 valence electrons. The van der Waals surface area contributed by atoms with Crippen molar-refractivity contribution in [1.29, 1.82) is 0 Å². The molecule has 1 amide bonds. The molecule has 2 N–H and O–H groups in total. The van der Waals surface area contributed by atoms with Crippen molar-refractivity contribution in [2.45, 2.75) is 19.3 Å². The number of pyridine rings is 1. The van der Waals surface area contributed by atoms with E-state index in [9.17, 15) is 9.59 Å². The largest absolute Gasteiger partial charge is 0.481 e. The molecule has 30 heavy (non-hydrogen) atoms. The second kappa shape index (κ2) is 10.4. The first-order chi connectivity index (χ1) is 14.5. The first-order valence-corrected chi connectivity index (χ1v) is 9.90. The third-order valence-electron chi connectivity index (χ3n) is 4.48. The normalized spacial score (nSPS) is 11.2. The Kier molecular flexibility index (Phi) is 7.35. The molecule has 0 atom stereocenters. The van der Waals surface area contributed by atoms with Crippen LogP contribution < -0.4 is 5.32 Å². The molecule has 0 unspecified atom stereocenters. The van der Waals surface area contributed by atoms with Crippen molar-refractivity contribution in [2.75, 3.05) is 5.32 Å². The van der Waals surface area contributed by atoms with Gasteiger partial charge >= 0.3 is 5.97 Å². The van der Waals surface area contributed by atoms with Gasteiger partial charge in [0.2, 0.25) is 0 Å². The molecule has 1 aromatic heterocycles. The van der Waals surface area contributed by atoms with E-state index in [0.717, 1.165) is 16.7 Å². The first kappa shape index (κ1) is 21.3. The summed E-state index contributed by atoms with van der Waals surface area (Å²) in [5.74, 6) is -1.01. The number of carboxylic acid groups (broad SMARTS) is 1. The number of allylic oxidation sites excluding steroid dienone is 1. The Morgan fingerprint density at radius 2 is 1.67 bits per heavy atom. The summed E-state index contributed by atoms with van der Waals surface area (Å²) in [4.78, 5) is 27.3. The molecule has 0 aliphatic carbocycles. The standard InChI is InChI=1S/C24H21ClN2O3/c25-20-11-7-18(8-12-20)24(30)27-21-13-9-17(10-14-21)22(5-1-2-6-23(28)29)19-4-3-15-26-16-19/h3-5,7-16H,1-2,6H2,(H,27,30)(H,28,29). The quantitative estimate of drug-likeness (QED) is 0.460. The van der Waals surface area contributed by atoms with Gasteiger partial charge in [-0.15, -0.1) is 0 Å². The number of hydrogen-bond donors (Lipinski definition) is 2. The summed E-state index contributed by atoms with van der Waals surface area (Å²) in [6, 6.07) is 18.0. The van der Waals surface area contributed by atoms with Crippen LogP contribution in [0.2, 0.25) is 5.02 Å². The fraction of sp³-hybridized carbons (Fsp3) is 0.125. The summed E-state index contributed by atoms with van der Waals surface area (Å²) in [5.41, 5.74) is 4.09. The van der Waals surface area contributed by atoms with Crippen molar-refractivity contribution in [2.24, 2.45) is 0 Å². The van der Waals surface area contributed by atoms with Crippen molar-refractivity contribution < 1.29 is 14.7 Å². The van der Waals surface area contributed by atoms with Crippen molar-refractivity contribution >= 4 is 34.7 Å². The maximum absolute atomic E-state index is 12.4. The van der Waals surface area contributed by atoms with Gasteiger partial charge in [-0.05, 0) is 66.4 Å². The smallest absolute Gasteiger partial charge is 0.303 e. The lowest BCUT2D eigenvalue weighted by atomic mass is 9.97. The highest BCUT2D eigenvalue weighted by atomic mass is 35.5. The molecule has 6 heteroatoms. The molecule has 3 aromatic rings. The molecule has 5 nitrogen and oxygen atoms in total. The number of carbonyl (C=O) groups excluding carboxylic acids is 1. The topological polar surface area (TPSA) is 79.3 Å². The van der Waals surface area contributed by atoms with Crippen LogP contribution in [0.1, 0.15) is 40.7 Å². The summed E-state index contributed by atoms with van der Waals surface area (Å²) in [6.07, 6.45) is 6.85. The van der Waals surface area contributed by atoms with Crippen LogP contribution in [0.15, 0.2) is 79.1 Å². The predicted molar refractivity (Wildman–Crippen MR) is 119 cm³/mol. The Hall–Kier alpha value is -3.44. The van der Waals surface area contributed by atoms with E-state index in [2.05, 4.69) is 10.3 Å². The van der Waals surface area contributed by atoms with Crippen molar-refractivity contribution in [3.63, 3.8) is 0 Å². The fourth-order valence-electron chi connectivity index (χ4n) is 2.96. The number of amides is 1. The van der Waals surface area contributed by atoms with Crippen molar-refractivity contribution in [3.8, 4) is 0 Å². The third-order valence-corrected chi connectivity index (χ3v) is 4.73. The Morgan fingerprint density at radius 1 is 0.967 bits per heavy atom. The summed E-state index contributed by atoms with van der Waals surface area (Å²) in [7, 11) is 0. The summed E-state index contributed by atoms with van der Waals surface area (Å²) < 4.78 is 0. The predicted octanol–water partition coefficient (Wildman–Crippen LogP) is 5.67. The molecule has 0 spiro atoms. The lowest BCUT2D eigenvalue weighted by Gasteiger charge is -2.11. The number of benzene rings is 2. The molecule has 0 saturated carbocycles. The highest BCUT2D eigenvalue weighted by Gasteiger charge is 2.08. The Bertz CT molecular complexity index is 1030. The van der Waals surface area contributed by atoms with E-state index in [-0.39, 0.29) is 12.3 Å². The van der Waals surface area contributed by atoms with Crippen LogP contribution in [0.4, 0.5) is 5.69 Å². The van der Waals surface area contributed by atoms with Gasteiger partial charge in [0.25, 0.3) is 5.91 Å². The molecule has 2 aromatic carbocycles. The van der Waals surface area contributed by atoms with E-state index in [1.165, 1.54) is 0 Å². The number of aromatic nitrogens is 1. The van der Waals surface area contributed by atoms with E-state index < -0.39 is 5.97 Å². The van der Waals surface area contributed by atoms with E-state index in [1.807, 2.05) is 42.5 Å². The first-order valence-electron chi connectivity index (χ1n) is 9.52. The number of carboxylic acids is 1. The van der Waals surface area contributed by atoms with Gasteiger partial charge in [-0.3, -0.25) is 14.6 Å². The zero-order chi connectivity index (χ0) is 21.3. The fourth-order valence-corrected chi connectivity index (χ4v) is 3.09. The number of unbranched alkanes of at least 4 members (excludes halogenated alkanes) is 1. The van der Waals surface area contributed by atoms with Gasteiger partial charge < -0.3 is 10.4 Å². The van der Waals surface area contributed by atoms with Crippen LogP contribution in [-0.2, 0) is 4.79 Å². The number of hydrogen-bond acceptors (Lipinski definition) is 3. The van der Waals surface area contributed by atoms with Crippen molar-refractivity contribution in [1.82, 2.24) is 4.98 Å². The van der Waals surface area contributed by atoms with Gasteiger partial charge in [0.15, 0.2) is 0 Å². The molecule has 0 saturated heterocycles. The average Bonchev–Trinajstić information content (AvgIpc) is 2.75. The van der Waals surface area contributed by atoms with Gasteiger partial charge in [0.1, 0.15) is 0 Å². The van der Waals surface area contributed by atoms with Crippen LogP contribution in [-0.4, -0.2) is 22.0 Å². The number of aliphatic carboxylic acids is 1. The lowest BCUT2D eigenvalue weighted by molar-refractivity contribution is -0.137. The van der Waals surface area contributed by atoms with Gasteiger partial charge in [0, 0.05) is 40.7 Å². The van der Waals surface area contributed by atoms with Crippen LogP contribution in [0.25, 0.3) is 5.57 Å².